The van der Waals surface area contributed by atoms with Crippen molar-refractivity contribution in [1.82, 2.24) is 9.97 Å². The molecular weight excluding hydrogens is 368 g/mol. The zero-order chi connectivity index (χ0) is 16.3. The van der Waals surface area contributed by atoms with Gasteiger partial charge in [-0.1, -0.05) is 20.8 Å². The van der Waals surface area contributed by atoms with Crippen molar-refractivity contribution in [2.75, 3.05) is 11.9 Å². The van der Waals surface area contributed by atoms with Crippen LogP contribution in [0.15, 0.2) is 22.1 Å². The third-order valence-corrected chi connectivity index (χ3v) is 4.65. The fourth-order valence-corrected chi connectivity index (χ4v) is 3.04. The van der Waals surface area contributed by atoms with E-state index < -0.39 is 4.92 Å². The molecule has 0 bridgehead atoms. The SMILES string of the molecule is CC(C)(C)c1nc(CCNc2ncc(Br)cc2[N+](=O)[O-])cs1. The molecular formula is C14H17BrN4O2S. The molecule has 2 aromatic rings. The molecule has 0 saturated carbocycles. The summed E-state index contributed by atoms with van der Waals surface area (Å²) in [5.41, 5.74) is 0.993. The third-order valence-electron chi connectivity index (χ3n) is 2.90. The van der Waals surface area contributed by atoms with E-state index in [0.29, 0.717) is 17.4 Å². The van der Waals surface area contributed by atoms with E-state index in [-0.39, 0.29) is 16.9 Å². The molecule has 0 aromatic carbocycles. The number of rotatable bonds is 5. The maximum Gasteiger partial charge on any atom is 0.312 e. The molecule has 0 aliphatic rings. The molecule has 6 nitrogen and oxygen atoms in total. The summed E-state index contributed by atoms with van der Waals surface area (Å²) in [6.07, 6.45) is 2.23. The molecule has 0 aliphatic heterocycles. The lowest BCUT2D eigenvalue weighted by atomic mass is 9.98. The van der Waals surface area contributed by atoms with Crippen LogP contribution in [0.4, 0.5) is 11.5 Å². The fourth-order valence-electron chi connectivity index (χ4n) is 1.78. The maximum atomic E-state index is 11.0. The van der Waals surface area contributed by atoms with E-state index in [0.717, 1.165) is 10.7 Å². The summed E-state index contributed by atoms with van der Waals surface area (Å²) in [6, 6.07) is 1.44. The molecule has 1 N–H and O–H groups in total. The molecule has 0 amide bonds. The van der Waals surface area contributed by atoms with Crippen molar-refractivity contribution in [1.29, 1.82) is 0 Å². The van der Waals surface area contributed by atoms with Crippen LogP contribution in [0, 0.1) is 10.1 Å². The number of pyridine rings is 1. The van der Waals surface area contributed by atoms with Gasteiger partial charge in [-0.25, -0.2) is 9.97 Å². The molecule has 2 aromatic heterocycles. The maximum absolute atomic E-state index is 11.0. The predicted octanol–water partition coefficient (Wildman–Crippen LogP) is 4.16. The number of aromatic nitrogens is 2. The summed E-state index contributed by atoms with van der Waals surface area (Å²) in [7, 11) is 0. The lowest BCUT2D eigenvalue weighted by Crippen LogP contribution is -2.12. The first-order valence-corrected chi connectivity index (χ1v) is 8.43. The normalized spacial score (nSPS) is 11.5. The molecule has 22 heavy (non-hydrogen) atoms. The summed E-state index contributed by atoms with van der Waals surface area (Å²) in [6.45, 7) is 6.93. The van der Waals surface area contributed by atoms with Crippen LogP contribution in [-0.4, -0.2) is 21.4 Å². The highest BCUT2D eigenvalue weighted by Crippen LogP contribution is 2.27. The molecule has 0 saturated heterocycles. The van der Waals surface area contributed by atoms with Crippen molar-refractivity contribution in [3.05, 3.63) is 42.9 Å². The van der Waals surface area contributed by atoms with Crippen molar-refractivity contribution >= 4 is 38.8 Å². The summed E-state index contributed by atoms with van der Waals surface area (Å²) in [5.74, 6) is 0.277. The second-order valence-electron chi connectivity index (χ2n) is 5.85. The average molecular weight is 385 g/mol. The van der Waals surface area contributed by atoms with Gasteiger partial charge in [0.1, 0.15) is 0 Å². The highest BCUT2D eigenvalue weighted by molar-refractivity contribution is 9.10. The van der Waals surface area contributed by atoms with Crippen LogP contribution in [0.5, 0.6) is 0 Å². The van der Waals surface area contributed by atoms with Gasteiger partial charge in [0.25, 0.3) is 0 Å². The smallest absolute Gasteiger partial charge is 0.312 e. The topological polar surface area (TPSA) is 81.0 Å². The minimum absolute atomic E-state index is 0.0389. The Balaban J connectivity index is 2.00. The average Bonchev–Trinajstić information content (AvgIpc) is 2.89. The zero-order valence-corrected chi connectivity index (χ0v) is 15.0. The molecule has 118 valence electrons. The molecule has 0 atom stereocenters. The predicted molar refractivity (Wildman–Crippen MR) is 91.6 cm³/mol. The number of halogens is 1. The molecule has 0 spiro atoms. The summed E-state index contributed by atoms with van der Waals surface area (Å²) >= 11 is 4.83. The van der Waals surface area contributed by atoms with E-state index in [2.05, 4.69) is 52.0 Å². The van der Waals surface area contributed by atoms with E-state index in [4.69, 9.17) is 0 Å². The Morgan fingerprint density at radius 2 is 2.18 bits per heavy atom. The number of nitrogens with one attached hydrogen (secondary N) is 1. The van der Waals surface area contributed by atoms with Gasteiger partial charge in [-0.05, 0) is 15.9 Å². The van der Waals surface area contributed by atoms with Crippen molar-refractivity contribution in [2.45, 2.75) is 32.6 Å². The third kappa shape index (κ3) is 4.23. The van der Waals surface area contributed by atoms with Crippen LogP contribution in [0.1, 0.15) is 31.5 Å². The Morgan fingerprint density at radius 3 is 2.77 bits per heavy atom. The van der Waals surface area contributed by atoms with Gasteiger partial charge in [-0.3, -0.25) is 10.1 Å². The first-order chi connectivity index (χ1) is 10.3. The number of hydrogen-bond donors (Lipinski definition) is 1. The Labute approximate surface area is 141 Å². The lowest BCUT2D eigenvalue weighted by Gasteiger charge is -2.13. The number of nitrogens with zero attached hydrogens (tertiary/aromatic N) is 3. The molecule has 0 radical (unpaired) electrons. The van der Waals surface area contributed by atoms with Crippen LogP contribution < -0.4 is 5.32 Å². The fraction of sp³-hybridized carbons (Fsp3) is 0.429. The largest absolute Gasteiger partial charge is 0.364 e. The number of hydrogen-bond acceptors (Lipinski definition) is 6. The monoisotopic (exact) mass is 384 g/mol. The Bertz CT molecular complexity index is 682. The lowest BCUT2D eigenvalue weighted by molar-refractivity contribution is -0.384. The van der Waals surface area contributed by atoms with Crippen LogP contribution >= 0.6 is 27.3 Å². The Morgan fingerprint density at radius 1 is 1.45 bits per heavy atom. The molecule has 0 unspecified atom stereocenters. The minimum Gasteiger partial charge on any atom is -0.364 e. The van der Waals surface area contributed by atoms with E-state index >= 15 is 0 Å². The highest BCUT2D eigenvalue weighted by Gasteiger charge is 2.18. The Kier molecular flexibility index (Phi) is 5.12. The minimum atomic E-state index is -0.444. The first-order valence-electron chi connectivity index (χ1n) is 6.76. The standard InChI is InChI=1S/C14H17BrN4O2S/c1-14(2,3)13-18-10(8-22-13)4-5-16-12-11(19(20)21)6-9(15)7-17-12/h6-8H,4-5H2,1-3H3,(H,16,17). The zero-order valence-electron chi connectivity index (χ0n) is 12.6. The number of anilines is 1. The van der Waals surface area contributed by atoms with Crippen LogP contribution in [-0.2, 0) is 11.8 Å². The number of thiazole rings is 1. The van der Waals surface area contributed by atoms with Gasteiger partial charge >= 0.3 is 5.69 Å². The van der Waals surface area contributed by atoms with Gasteiger partial charge in [0.05, 0.1) is 15.6 Å². The highest BCUT2D eigenvalue weighted by atomic mass is 79.9. The van der Waals surface area contributed by atoms with Gasteiger partial charge in [0, 0.05) is 40.5 Å². The van der Waals surface area contributed by atoms with Crippen LogP contribution in [0.2, 0.25) is 0 Å². The molecule has 0 aliphatic carbocycles. The quantitative estimate of drug-likeness (QED) is 0.617. The first kappa shape index (κ1) is 16.8. The van der Waals surface area contributed by atoms with Gasteiger partial charge in [-0.2, -0.15) is 0 Å². The molecule has 8 heteroatoms. The van der Waals surface area contributed by atoms with E-state index in [1.165, 1.54) is 12.3 Å². The van der Waals surface area contributed by atoms with E-state index in [1.54, 1.807) is 11.3 Å². The van der Waals surface area contributed by atoms with Crippen molar-refractivity contribution < 1.29 is 4.92 Å². The summed E-state index contributed by atoms with van der Waals surface area (Å²) < 4.78 is 0.582. The number of nitro groups is 1. The van der Waals surface area contributed by atoms with Gasteiger partial charge in [-0.15, -0.1) is 11.3 Å². The van der Waals surface area contributed by atoms with Crippen molar-refractivity contribution in [3.8, 4) is 0 Å². The van der Waals surface area contributed by atoms with Gasteiger partial charge in [0.2, 0.25) is 5.82 Å². The second-order valence-corrected chi connectivity index (χ2v) is 7.62. The molecule has 2 rings (SSSR count). The Hall–Kier alpha value is -1.54. The van der Waals surface area contributed by atoms with Gasteiger partial charge in [0.15, 0.2) is 0 Å². The van der Waals surface area contributed by atoms with Crippen molar-refractivity contribution in [3.63, 3.8) is 0 Å². The molecule has 2 heterocycles. The second kappa shape index (κ2) is 6.70. The van der Waals surface area contributed by atoms with Crippen LogP contribution in [0.25, 0.3) is 0 Å². The van der Waals surface area contributed by atoms with E-state index in [1.807, 2.05) is 5.38 Å². The van der Waals surface area contributed by atoms with Gasteiger partial charge < -0.3 is 5.32 Å². The summed E-state index contributed by atoms with van der Waals surface area (Å²) in [4.78, 5) is 19.2. The molecule has 0 fully saturated rings. The van der Waals surface area contributed by atoms with Crippen molar-refractivity contribution in [2.24, 2.45) is 0 Å². The van der Waals surface area contributed by atoms with Crippen LogP contribution in [0.3, 0.4) is 0 Å². The van der Waals surface area contributed by atoms with E-state index in [9.17, 15) is 10.1 Å². The summed E-state index contributed by atoms with van der Waals surface area (Å²) in [5, 5.41) is 17.2.